The van der Waals surface area contributed by atoms with E-state index in [4.69, 9.17) is 16.3 Å². The highest BCUT2D eigenvalue weighted by Crippen LogP contribution is 2.40. The zero-order valence-corrected chi connectivity index (χ0v) is 13.0. The van der Waals surface area contributed by atoms with Crippen LogP contribution in [0.25, 0.3) is 0 Å². The highest BCUT2D eigenvalue weighted by Gasteiger charge is 2.22. The molecule has 2 atom stereocenters. The van der Waals surface area contributed by atoms with E-state index in [1.807, 2.05) is 17.5 Å². The quantitative estimate of drug-likeness (QED) is 0.684. The van der Waals surface area contributed by atoms with Crippen molar-refractivity contribution in [1.29, 1.82) is 0 Å². The van der Waals surface area contributed by atoms with Gasteiger partial charge < -0.3 is 4.74 Å². The fourth-order valence-electron chi connectivity index (χ4n) is 2.24. The maximum atomic E-state index is 6.56. The van der Waals surface area contributed by atoms with E-state index in [0.717, 1.165) is 27.1 Å². The molecule has 94 valence electrons. The van der Waals surface area contributed by atoms with E-state index in [9.17, 15) is 0 Å². The second-order valence-corrected chi connectivity index (χ2v) is 6.73. The van der Waals surface area contributed by atoms with Crippen LogP contribution in [0, 0.1) is 0 Å². The Kier molecular flexibility index (Phi) is 3.39. The zero-order chi connectivity index (χ0) is 12.7. The molecule has 1 aromatic heterocycles. The van der Waals surface area contributed by atoms with Crippen molar-refractivity contribution in [3.05, 3.63) is 50.1 Å². The minimum Gasteiger partial charge on any atom is -0.490 e. The number of hydrogen-bond donors (Lipinski definition) is 0. The predicted molar refractivity (Wildman–Crippen MR) is 80.0 cm³/mol. The molecular formula is C14H12BrClOS. The summed E-state index contributed by atoms with van der Waals surface area (Å²) in [5.41, 5.74) is 2.40. The summed E-state index contributed by atoms with van der Waals surface area (Å²) in [5, 5.41) is 1.95. The first kappa shape index (κ1) is 12.5. The first-order chi connectivity index (χ1) is 8.65. The third kappa shape index (κ3) is 2.20. The Morgan fingerprint density at radius 1 is 1.44 bits per heavy atom. The minimum absolute atomic E-state index is 0.0967. The van der Waals surface area contributed by atoms with Gasteiger partial charge in [-0.15, -0.1) is 22.9 Å². The summed E-state index contributed by atoms with van der Waals surface area (Å²) in [7, 11) is 0. The highest BCUT2D eigenvalue weighted by atomic mass is 79.9. The molecule has 0 saturated carbocycles. The molecule has 0 amide bonds. The van der Waals surface area contributed by atoms with E-state index in [-0.39, 0.29) is 11.5 Å². The van der Waals surface area contributed by atoms with Gasteiger partial charge >= 0.3 is 0 Å². The molecule has 0 saturated heterocycles. The fourth-order valence-corrected chi connectivity index (χ4v) is 4.38. The lowest BCUT2D eigenvalue weighted by Crippen LogP contribution is -2.05. The van der Waals surface area contributed by atoms with Crippen LogP contribution in [0.4, 0.5) is 0 Å². The van der Waals surface area contributed by atoms with E-state index >= 15 is 0 Å². The molecule has 0 fully saturated rings. The molecule has 1 aliphatic rings. The lowest BCUT2D eigenvalue weighted by molar-refractivity contribution is 0.254. The van der Waals surface area contributed by atoms with E-state index in [2.05, 4.69) is 35.0 Å². The van der Waals surface area contributed by atoms with Crippen LogP contribution in [0.3, 0.4) is 0 Å². The average molecular weight is 344 g/mol. The van der Waals surface area contributed by atoms with Crippen LogP contribution < -0.4 is 4.74 Å². The van der Waals surface area contributed by atoms with Crippen molar-refractivity contribution in [1.82, 2.24) is 0 Å². The first-order valence-corrected chi connectivity index (χ1v) is 7.92. The average Bonchev–Trinajstić information content (AvgIpc) is 2.91. The highest BCUT2D eigenvalue weighted by molar-refractivity contribution is 9.10. The molecule has 0 bridgehead atoms. The Labute approximate surface area is 124 Å². The zero-order valence-electron chi connectivity index (χ0n) is 9.82. The van der Waals surface area contributed by atoms with Gasteiger partial charge in [0.2, 0.25) is 0 Å². The minimum atomic E-state index is -0.0967. The van der Waals surface area contributed by atoms with Gasteiger partial charge in [0.1, 0.15) is 11.9 Å². The lowest BCUT2D eigenvalue weighted by atomic mass is 10.0. The van der Waals surface area contributed by atoms with Gasteiger partial charge in [-0.1, -0.05) is 12.1 Å². The third-order valence-corrected chi connectivity index (χ3v) is 5.62. The predicted octanol–water partition coefficient (Wildman–Crippen LogP) is 5.16. The number of thiophene rings is 1. The Bertz CT molecular complexity index is 581. The fraction of sp³-hybridized carbons (Fsp3) is 0.286. The van der Waals surface area contributed by atoms with Crippen LogP contribution in [0.5, 0.6) is 5.75 Å². The molecule has 0 spiro atoms. The molecule has 4 heteroatoms. The molecule has 2 aromatic rings. The van der Waals surface area contributed by atoms with Crippen LogP contribution in [0.15, 0.2) is 34.1 Å². The molecule has 3 rings (SSSR count). The van der Waals surface area contributed by atoms with Crippen molar-refractivity contribution in [3.63, 3.8) is 0 Å². The van der Waals surface area contributed by atoms with Gasteiger partial charge in [0.05, 0.1) is 5.38 Å². The monoisotopic (exact) mass is 342 g/mol. The molecule has 0 radical (unpaired) electrons. The molecule has 2 unspecified atom stereocenters. The first-order valence-electron chi connectivity index (χ1n) is 5.81. The SMILES string of the molecule is CC1Cc2cc(C(Cl)c3sccc3Br)ccc2O1. The molecular weight excluding hydrogens is 332 g/mol. The van der Waals surface area contributed by atoms with Gasteiger partial charge in [0.25, 0.3) is 0 Å². The van der Waals surface area contributed by atoms with Crippen LogP contribution >= 0.6 is 38.9 Å². The van der Waals surface area contributed by atoms with Crippen molar-refractivity contribution in [2.24, 2.45) is 0 Å². The maximum absolute atomic E-state index is 6.56. The number of alkyl halides is 1. The Morgan fingerprint density at radius 2 is 2.28 bits per heavy atom. The largest absolute Gasteiger partial charge is 0.490 e. The Balaban J connectivity index is 1.94. The van der Waals surface area contributed by atoms with E-state index < -0.39 is 0 Å². The van der Waals surface area contributed by atoms with Gasteiger partial charge in [-0.25, -0.2) is 0 Å². The Morgan fingerprint density at radius 3 is 3.00 bits per heavy atom. The maximum Gasteiger partial charge on any atom is 0.123 e. The summed E-state index contributed by atoms with van der Waals surface area (Å²) in [6.07, 6.45) is 1.25. The standard InChI is InChI=1S/C14H12BrClOS/c1-8-6-10-7-9(2-3-12(10)17-8)13(16)14-11(15)4-5-18-14/h2-5,7-8,13H,6H2,1H3. The summed E-state index contributed by atoms with van der Waals surface area (Å²) in [6.45, 7) is 2.09. The van der Waals surface area contributed by atoms with E-state index in [0.29, 0.717) is 0 Å². The number of hydrogen-bond acceptors (Lipinski definition) is 2. The third-order valence-electron chi connectivity index (χ3n) is 3.09. The van der Waals surface area contributed by atoms with Gasteiger partial charge in [0, 0.05) is 15.8 Å². The summed E-state index contributed by atoms with van der Waals surface area (Å²) in [6, 6.07) is 8.29. The van der Waals surface area contributed by atoms with Crippen LogP contribution in [0.1, 0.15) is 28.3 Å². The molecule has 18 heavy (non-hydrogen) atoms. The van der Waals surface area contributed by atoms with Gasteiger partial charge in [-0.2, -0.15) is 0 Å². The van der Waals surface area contributed by atoms with Gasteiger partial charge in [-0.3, -0.25) is 0 Å². The van der Waals surface area contributed by atoms with Crippen LogP contribution in [-0.2, 0) is 6.42 Å². The van der Waals surface area contributed by atoms with Crippen molar-refractivity contribution in [2.45, 2.75) is 24.8 Å². The van der Waals surface area contributed by atoms with Gasteiger partial charge in [-0.05, 0) is 51.5 Å². The summed E-state index contributed by atoms with van der Waals surface area (Å²) in [4.78, 5) is 1.16. The summed E-state index contributed by atoms with van der Waals surface area (Å²) in [5.74, 6) is 1.00. The molecule has 1 nitrogen and oxygen atoms in total. The molecule has 1 aromatic carbocycles. The molecule has 2 heterocycles. The number of fused-ring (bicyclic) bond motifs is 1. The second kappa shape index (κ2) is 4.87. The normalized spacial score (nSPS) is 19.4. The number of rotatable bonds is 2. The summed E-state index contributed by atoms with van der Waals surface area (Å²) < 4.78 is 6.79. The van der Waals surface area contributed by atoms with Crippen LogP contribution in [-0.4, -0.2) is 6.10 Å². The van der Waals surface area contributed by atoms with Crippen molar-refractivity contribution in [3.8, 4) is 5.75 Å². The lowest BCUT2D eigenvalue weighted by Gasteiger charge is -2.10. The van der Waals surface area contributed by atoms with Crippen molar-refractivity contribution in [2.75, 3.05) is 0 Å². The number of benzene rings is 1. The smallest absolute Gasteiger partial charge is 0.123 e. The molecule has 1 aliphatic heterocycles. The summed E-state index contributed by atoms with van der Waals surface area (Å²) >= 11 is 11.8. The molecule has 0 aliphatic carbocycles. The van der Waals surface area contributed by atoms with Gasteiger partial charge in [0.15, 0.2) is 0 Å². The molecule has 0 N–H and O–H groups in total. The van der Waals surface area contributed by atoms with Crippen LogP contribution in [0.2, 0.25) is 0 Å². The number of halogens is 2. The Hall–Kier alpha value is -0.510. The van der Waals surface area contributed by atoms with Crippen molar-refractivity contribution < 1.29 is 4.74 Å². The van der Waals surface area contributed by atoms with E-state index in [1.165, 1.54) is 5.56 Å². The second-order valence-electron chi connectivity index (χ2n) is 4.50. The topological polar surface area (TPSA) is 9.23 Å². The number of ether oxygens (including phenoxy) is 1. The van der Waals surface area contributed by atoms with E-state index in [1.54, 1.807) is 11.3 Å². The van der Waals surface area contributed by atoms with Crippen molar-refractivity contribution >= 4 is 38.9 Å².